The van der Waals surface area contributed by atoms with Crippen molar-refractivity contribution in [1.82, 2.24) is 5.32 Å². The standard InChI is InChI=1S/C10H20F3NO/c1-5-6-14-8(10(11,12)13)7-9(2,3)15-4/h8,14H,5-7H2,1-4H3. The van der Waals surface area contributed by atoms with Crippen molar-refractivity contribution in [3.8, 4) is 0 Å². The summed E-state index contributed by atoms with van der Waals surface area (Å²) in [6.45, 7) is 5.50. The zero-order chi connectivity index (χ0) is 12.1. The lowest BCUT2D eigenvalue weighted by Gasteiger charge is -2.30. The number of hydrogen-bond donors (Lipinski definition) is 1. The van der Waals surface area contributed by atoms with Gasteiger partial charge in [-0.3, -0.25) is 0 Å². The van der Waals surface area contributed by atoms with Gasteiger partial charge in [-0.2, -0.15) is 13.2 Å². The summed E-state index contributed by atoms with van der Waals surface area (Å²) in [5.41, 5.74) is -0.763. The summed E-state index contributed by atoms with van der Waals surface area (Å²) < 4.78 is 42.8. The van der Waals surface area contributed by atoms with E-state index in [4.69, 9.17) is 4.74 Å². The Morgan fingerprint density at radius 1 is 1.27 bits per heavy atom. The van der Waals surface area contributed by atoms with Crippen LogP contribution in [0, 0.1) is 0 Å². The van der Waals surface area contributed by atoms with Crippen LogP contribution in [0.1, 0.15) is 33.6 Å². The van der Waals surface area contributed by atoms with Gasteiger partial charge in [-0.25, -0.2) is 0 Å². The normalized spacial score (nSPS) is 15.4. The summed E-state index contributed by atoms with van der Waals surface area (Å²) >= 11 is 0. The second-order valence-electron chi connectivity index (χ2n) is 4.22. The SMILES string of the molecule is CCCNC(CC(C)(C)OC)C(F)(F)F. The van der Waals surface area contributed by atoms with E-state index in [1.165, 1.54) is 7.11 Å². The Morgan fingerprint density at radius 3 is 2.13 bits per heavy atom. The smallest absolute Gasteiger partial charge is 0.379 e. The number of rotatable bonds is 6. The first-order valence-electron chi connectivity index (χ1n) is 5.08. The van der Waals surface area contributed by atoms with E-state index in [-0.39, 0.29) is 6.42 Å². The summed E-state index contributed by atoms with van der Waals surface area (Å²) in [5, 5.41) is 2.49. The number of ether oxygens (including phenoxy) is 1. The van der Waals surface area contributed by atoms with Crippen molar-refractivity contribution in [2.75, 3.05) is 13.7 Å². The van der Waals surface area contributed by atoms with Gasteiger partial charge in [-0.15, -0.1) is 0 Å². The fourth-order valence-electron chi connectivity index (χ4n) is 1.20. The summed E-state index contributed by atoms with van der Waals surface area (Å²) in [6, 6.07) is -1.49. The van der Waals surface area contributed by atoms with Gasteiger partial charge in [0.2, 0.25) is 0 Å². The van der Waals surface area contributed by atoms with Gasteiger partial charge in [0.25, 0.3) is 0 Å². The van der Waals surface area contributed by atoms with Gasteiger partial charge < -0.3 is 10.1 Å². The Morgan fingerprint density at radius 2 is 1.80 bits per heavy atom. The van der Waals surface area contributed by atoms with E-state index in [0.29, 0.717) is 13.0 Å². The molecular formula is C10H20F3NO. The molecule has 0 aliphatic heterocycles. The minimum Gasteiger partial charge on any atom is -0.379 e. The predicted molar refractivity (Wildman–Crippen MR) is 53.8 cm³/mol. The highest BCUT2D eigenvalue weighted by Gasteiger charge is 2.42. The van der Waals surface area contributed by atoms with Crippen LogP contribution in [0.2, 0.25) is 0 Å². The summed E-state index contributed by atoms with van der Waals surface area (Å²) in [6.07, 6.45) is -3.61. The molecule has 0 aliphatic carbocycles. The molecular weight excluding hydrogens is 207 g/mol. The molecule has 0 aliphatic rings. The molecule has 2 nitrogen and oxygen atoms in total. The summed E-state index contributed by atoms with van der Waals surface area (Å²) in [4.78, 5) is 0. The van der Waals surface area contributed by atoms with E-state index >= 15 is 0 Å². The van der Waals surface area contributed by atoms with Gasteiger partial charge >= 0.3 is 6.18 Å². The molecule has 0 spiro atoms. The Labute approximate surface area is 89.2 Å². The zero-order valence-electron chi connectivity index (χ0n) is 9.74. The first-order valence-corrected chi connectivity index (χ1v) is 5.08. The van der Waals surface area contributed by atoms with Crippen molar-refractivity contribution in [1.29, 1.82) is 0 Å². The monoisotopic (exact) mass is 227 g/mol. The largest absolute Gasteiger partial charge is 0.403 e. The molecule has 0 saturated carbocycles. The molecule has 0 amide bonds. The molecule has 0 aromatic heterocycles. The Hall–Kier alpha value is -0.290. The fraction of sp³-hybridized carbons (Fsp3) is 1.00. The van der Waals surface area contributed by atoms with E-state index in [1.807, 2.05) is 6.92 Å². The van der Waals surface area contributed by atoms with Crippen molar-refractivity contribution in [2.45, 2.75) is 51.4 Å². The Balaban J connectivity index is 4.38. The molecule has 92 valence electrons. The molecule has 0 bridgehead atoms. The van der Waals surface area contributed by atoms with Crippen LogP contribution in [0.4, 0.5) is 13.2 Å². The number of methoxy groups -OCH3 is 1. The Bertz CT molecular complexity index is 180. The van der Waals surface area contributed by atoms with Crippen LogP contribution in [-0.2, 0) is 4.74 Å². The van der Waals surface area contributed by atoms with Crippen molar-refractivity contribution in [3.63, 3.8) is 0 Å². The molecule has 15 heavy (non-hydrogen) atoms. The van der Waals surface area contributed by atoms with E-state index in [9.17, 15) is 13.2 Å². The first kappa shape index (κ1) is 14.7. The van der Waals surface area contributed by atoms with Gasteiger partial charge in [-0.1, -0.05) is 6.92 Å². The van der Waals surface area contributed by atoms with Crippen LogP contribution < -0.4 is 5.32 Å². The van der Waals surface area contributed by atoms with Crippen LogP contribution in [0.5, 0.6) is 0 Å². The summed E-state index contributed by atoms with van der Waals surface area (Å²) in [5.74, 6) is 0. The highest BCUT2D eigenvalue weighted by Crippen LogP contribution is 2.27. The van der Waals surface area contributed by atoms with Crippen LogP contribution in [0.25, 0.3) is 0 Å². The van der Waals surface area contributed by atoms with Crippen LogP contribution >= 0.6 is 0 Å². The average molecular weight is 227 g/mol. The second kappa shape index (κ2) is 5.70. The summed E-state index contributed by atoms with van der Waals surface area (Å²) in [7, 11) is 1.42. The number of nitrogens with one attached hydrogen (secondary N) is 1. The maximum Gasteiger partial charge on any atom is 0.403 e. The molecule has 0 heterocycles. The highest BCUT2D eigenvalue weighted by atomic mass is 19.4. The quantitative estimate of drug-likeness (QED) is 0.753. The minimum absolute atomic E-state index is 0.0764. The van der Waals surface area contributed by atoms with Crippen molar-refractivity contribution < 1.29 is 17.9 Å². The van der Waals surface area contributed by atoms with Gasteiger partial charge in [0.05, 0.1) is 5.60 Å². The van der Waals surface area contributed by atoms with Crippen molar-refractivity contribution in [2.24, 2.45) is 0 Å². The van der Waals surface area contributed by atoms with Crippen LogP contribution in [0.15, 0.2) is 0 Å². The average Bonchev–Trinajstić information content (AvgIpc) is 2.10. The number of alkyl halides is 3. The third-order valence-electron chi connectivity index (χ3n) is 2.28. The number of hydrogen-bond acceptors (Lipinski definition) is 2. The molecule has 1 unspecified atom stereocenters. The minimum atomic E-state index is -4.22. The fourth-order valence-corrected chi connectivity index (χ4v) is 1.20. The lowest BCUT2D eigenvalue weighted by molar-refractivity contribution is -0.169. The van der Waals surface area contributed by atoms with Gasteiger partial charge in [0.15, 0.2) is 0 Å². The topological polar surface area (TPSA) is 21.3 Å². The third-order valence-corrected chi connectivity index (χ3v) is 2.28. The molecule has 0 rings (SSSR count). The molecule has 1 atom stereocenters. The number of halogens is 3. The van der Waals surface area contributed by atoms with Gasteiger partial charge in [-0.05, 0) is 33.2 Å². The lowest BCUT2D eigenvalue weighted by Crippen LogP contribution is -2.47. The second-order valence-corrected chi connectivity index (χ2v) is 4.22. The maximum absolute atomic E-state index is 12.6. The highest BCUT2D eigenvalue weighted by molar-refractivity contribution is 4.83. The van der Waals surface area contributed by atoms with Crippen LogP contribution in [-0.4, -0.2) is 31.5 Å². The van der Waals surface area contributed by atoms with Crippen molar-refractivity contribution >= 4 is 0 Å². The van der Waals surface area contributed by atoms with E-state index in [2.05, 4.69) is 5.32 Å². The van der Waals surface area contributed by atoms with E-state index in [1.54, 1.807) is 13.8 Å². The molecule has 0 saturated heterocycles. The molecule has 1 N–H and O–H groups in total. The molecule has 5 heteroatoms. The molecule has 0 radical (unpaired) electrons. The van der Waals surface area contributed by atoms with Gasteiger partial charge in [0, 0.05) is 7.11 Å². The van der Waals surface area contributed by atoms with E-state index < -0.39 is 17.8 Å². The first-order chi connectivity index (χ1) is 6.73. The van der Waals surface area contributed by atoms with Crippen molar-refractivity contribution in [3.05, 3.63) is 0 Å². The molecule has 0 aromatic rings. The van der Waals surface area contributed by atoms with E-state index in [0.717, 1.165) is 0 Å². The van der Waals surface area contributed by atoms with Gasteiger partial charge in [0.1, 0.15) is 6.04 Å². The van der Waals surface area contributed by atoms with Crippen LogP contribution in [0.3, 0.4) is 0 Å². The molecule has 0 aromatic carbocycles. The predicted octanol–water partition coefficient (Wildman–Crippen LogP) is 2.73. The lowest BCUT2D eigenvalue weighted by atomic mass is 9.98. The Kier molecular flexibility index (Phi) is 5.59. The maximum atomic E-state index is 12.6. The third kappa shape index (κ3) is 5.99. The zero-order valence-corrected chi connectivity index (χ0v) is 9.74. The molecule has 0 fully saturated rings.